The second kappa shape index (κ2) is 6.14. The summed E-state index contributed by atoms with van der Waals surface area (Å²) in [5.74, 6) is 1.76. The van der Waals surface area contributed by atoms with Crippen LogP contribution in [0.3, 0.4) is 0 Å². The van der Waals surface area contributed by atoms with Crippen LogP contribution in [0, 0.1) is 5.82 Å². The lowest BCUT2D eigenvalue weighted by molar-refractivity contribution is 0.103. The van der Waals surface area contributed by atoms with Crippen molar-refractivity contribution < 1.29 is 13.9 Å². The van der Waals surface area contributed by atoms with E-state index in [9.17, 15) is 9.18 Å². The summed E-state index contributed by atoms with van der Waals surface area (Å²) in [5, 5.41) is 0. The molecule has 2 aromatic carbocycles. The number of benzene rings is 2. The highest BCUT2D eigenvalue weighted by atomic mass is 19.1. The van der Waals surface area contributed by atoms with Crippen molar-refractivity contribution in [3.8, 4) is 0 Å². The predicted octanol–water partition coefficient (Wildman–Crippen LogP) is 3.42. The number of hydrogen-bond donors (Lipinski definition) is 0. The van der Waals surface area contributed by atoms with Crippen LogP contribution >= 0.6 is 0 Å². The van der Waals surface area contributed by atoms with Crippen molar-refractivity contribution in [1.82, 2.24) is 0 Å². The van der Waals surface area contributed by atoms with Crippen molar-refractivity contribution >= 4 is 17.2 Å². The molecule has 22 heavy (non-hydrogen) atoms. The maximum atomic E-state index is 13.1. The Balaban J connectivity index is 1.99. The van der Waals surface area contributed by atoms with Gasteiger partial charge in [0.05, 0.1) is 5.57 Å². The molecule has 0 aliphatic carbocycles. The SMILES string of the molecule is CCOC1C(=C=O)c2ccccc2N1Cc1ccc(F)cc1. The first-order chi connectivity index (χ1) is 10.7. The number of para-hydroxylation sites is 1. The summed E-state index contributed by atoms with van der Waals surface area (Å²) in [6.45, 7) is 2.92. The molecule has 0 spiro atoms. The molecular weight excluding hydrogens is 281 g/mol. The molecule has 0 N–H and O–H groups in total. The van der Waals surface area contributed by atoms with Gasteiger partial charge in [-0.15, -0.1) is 0 Å². The third kappa shape index (κ3) is 2.54. The molecule has 0 amide bonds. The van der Waals surface area contributed by atoms with Crippen LogP contribution in [0.15, 0.2) is 48.5 Å². The molecule has 1 heterocycles. The fourth-order valence-corrected chi connectivity index (χ4v) is 2.76. The standard InChI is InChI=1S/C18H16FNO2/c1-2-22-18-16(12-21)15-5-3-4-6-17(15)20(18)11-13-7-9-14(19)10-8-13/h3-10,18H,2,11H2,1H3. The molecular formula is C18H16FNO2. The van der Waals surface area contributed by atoms with Crippen LogP contribution in [-0.2, 0) is 16.1 Å². The lowest BCUT2D eigenvalue weighted by atomic mass is 10.1. The average molecular weight is 297 g/mol. The Bertz CT molecular complexity index is 720. The molecule has 1 aliphatic rings. The minimum Gasteiger partial charge on any atom is -0.353 e. The minimum atomic E-state index is -0.454. The number of nitrogens with zero attached hydrogens (tertiary/aromatic N) is 1. The van der Waals surface area contributed by atoms with E-state index in [1.807, 2.05) is 42.0 Å². The second-order valence-corrected chi connectivity index (χ2v) is 5.09. The molecule has 0 saturated carbocycles. The molecule has 1 atom stereocenters. The van der Waals surface area contributed by atoms with E-state index in [0.717, 1.165) is 16.8 Å². The Kier molecular flexibility index (Phi) is 4.05. The molecule has 3 nitrogen and oxygen atoms in total. The maximum Gasteiger partial charge on any atom is 0.167 e. The van der Waals surface area contributed by atoms with Gasteiger partial charge in [0.1, 0.15) is 11.8 Å². The van der Waals surface area contributed by atoms with Gasteiger partial charge in [0.2, 0.25) is 0 Å². The fourth-order valence-electron chi connectivity index (χ4n) is 2.76. The number of fused-ring (bicyclic) bond motifs is 1. The zero-order chi connectivity index (χ0) is 15.5. The number of halogens is 1. The molecule has 0 saturated heterocycles. The highest BCUT2D eigenvalue weighted by molar-refractivity contribution is 5.99. The number of carbonyl (C=O) groups excluding carboxylic acids is 1. The minimum absolute atomic E-state index is 0.264. The lowest BCUT2D eigenvalue weighted by Gasteiger charge is -2.27. The van der Waals surface area contributed by atoms with Crippen LogP contribution in [0.1, 0.15) is 18.1 Å². The molecule has 2 aromatic rings. The van der Waals surface area contributed by atoms with Gasteiger partial charge in [0.25, 0.3) is 0 Å². The van der Waals surface area contributed by atoms with E-state index in [0.29, 0.717) is 18.7 Å². The predicted molar refractivity (Wildman–Crippen MR) is 83.5 cm³/mol. The van der Waals surface area contributed by atoms with Crippen molar-refractivity contribution in [3.63, 3.8) is 0 Å². The van der Waals surface area contributed by atoms with Crippen LogP contribution in [0.25, 0.3) is 5.57 Å². The van der Waals surface area contributed by atoms with E-state index < -0.39 is 6.23 Å². The van der Waals surface area contributed by atoms with Crippen molar-refractivity contribution in [3.05, 3.63) is 65.5 Å². The number of hydrogen-bond acceptors (Lipinski definition) is 3. The topological polar surface area (TPSA) is 29.5 Å². The van der Waals surface area contributed by atoms with Gasteiger partial charge in [-0.2, -0.15) is 0 Å². The van der Waals surface area contributed by atoms with Gasteiger partial charge < -0.3 is 9.64 Å². The Hall–Kier alpha value is -2.42. The smallest absolute Gasteiger partial charge is 0.167 e. The summed E-state index contributed by atoms with van der Waals surface area (Å²) in [7, 11) is 0. The van der Waals surface area contributed by atoms with Crippen LogP contribution in [0.5, 0.6) is 0 Å². The molecule has 3 rings (SSSR count). The third-order valence-corrected chi connectivity index (χ3v) is 3.73. The average Bonchev–Trinajstić information content (AvgIpc) is 2.83. The molecule has 0 aromatic heterocycles. The first kappa shape index (κ1) is 14.5. The molecule has 0 radical (unpaired) electrons. The summed E-state index contributed by atoms with van der Waals surface area (Å²) in [6, 6.07) is 14.0. The summed E-state index contributed by atoms with van der Waals surface area (Å²) in [5.41, 5.74) is 3.24. The van der Waals surface area contributed by atoms with Gasteiger partial charge in [-0.1, -0.05) is 30.3 Å². The maximum absolute atomic E-state index is 13.1. The monoisotopic (exact) mass is 297 g/mol. The summed E-state index contributed by atoms with van der Waals surface area (Å²) in [4.78, 5) is 13.4. The van der Waals surface area contributed by atoms with Gasteiger partial charge in [-0.25, -0.2) is 9.18 Å². The van der Waals surface area contributed by atoms with E-state index in [1.54, 1.807) is 12.1 Å². The largest absolute Gasteiger partial charge is 0.353 e. The summed E-state index contributed by atoms with van der Waals surface area (Å²) >= 11 is 0. The van der Waals surface area contributed by atoms with Crippen LogP contribution in [0.2, 0.25) is 0 Å². The van der Waals surface area contributed by atoms with Gasteiger partial charge in [-0.05, 0) is 30.7 Å². The normalized spacial score (nSPS) is 16.5. The molecule has 0 fully saturated rings. The Morgan fingerprint density at radius 3 is 2.59 bits per heavy atom. The second-order valence-electron chi connectivity index (χ2n) is 5.09. The molecule has 1 unspecified atom stereocenters. The first-order valence-electron chi connectivity index (χ1n) is 7.21. The number of anilines is 1. The molecule has 1 aliphatic heterocycles. The first-order valence-corrected chi connectivity index (χ1v) is 7.21. The van der Waals surface area contributed by atoms with Crippen molar-refractivity contribution in [2.45, 2.75) is 19.7 Å². The van der Waals surface area contributed by atoms with Gasteiger partial charge in [-0.3, -0.25) is 0 Å². The zero-order valence-corrected chi connectivity index (χ0v) is 12.3. The Morgan fingerprint density at radius 2 is 1.91 bits per heavy atom. The van der Waals surface area contributed by atoms with Crippen LogP contribution in [-0.4, -0.2) is 18.8 Å². The highest BCUT2D eigenvalue weighted by Crippen LogP contribution is 2.40. The van der Waals surface area contributed by atoms with Crippen LogP contribution in [0.4, 0.5) is 10.1 Å². The van der Waals surface area contributed by atoms with Crippen molar-refractivity contribution in [1.29, 1.82) is 0 Å². The third-order valence-electron chi connectivity index (χ3n) is 3.73. The van der Waals surface area contributed by atoms with E-state index in [1.165, 1.54) is 12.1 Å². The van der Waals surface area contributed by atoms with Crippen molar-refractivity contribution in [2.24, 2.45) is 0 Å². The molecule has 4 heteroatoms. The zero-order valence-electron chi connectivity index (χ0n) is 12.3. The number of rotatable bonds is 4. The Labute approximate surface area is 128 Å². The van der Waals surface area contributed by atoms with Gasteiger partial charge >= 0.3 is 0 Å². The van der Waals surface area contributed by atoms with E-state index in [-0.39, 0.29) is 5.82 Å². The summed E-state index contributed by atoms with van der Waals surface area (Å²) in [6.07, 6.45) is -0.454. The van der Waals surface area contributed by atoms with E-state index >= 15 is 0 Å². The highest BCUT2D eigenvalue weighted by Gasteiger charge is 2.35. The van der Waals surface area contributed by atoms with Crippen molar-refractivity contribution in [2.75, 3.05) is 11.5 Å². The van der Waals surface area contributed by atoms with Gasteiger partial charge in [0.15, 0.2) is 6.23 Å². The molecule has 0 bridgehead atoms. The number of ether oxygens (including phenoxy) is 1. The Morgan fingerprint density at radius 1 is 1.18 bits per heavy atom. The van der Waals surface area contributed by atoms with E-state index in [4.69, 9.17) is 4.74 Å². The van der Waals surface area contributed by atoms with E-state index in [2.05, 4.69) is 0 Å². The lowest BCUT2D eigenvalue weighted by Crippen LogP contribution is -2.33. The van der Waals surface area contributed by atoms with Gasteiger partial charge in [0, 0.05) is 24.4 Å². The molecule has 112 valence electrons. The van der Waals surface area contributed by atoms with Crippen LogP contribution < -0.4 is 4.90 Å². The summed E-state index contributed by atoms with van der Waals surface area (Å²) < 4.78 is 18.8. The fraction of sp³-hybridized carbons (Fsp3) is 0.222. The quantitative estimate of drug-likeness (QED) is 0.810.